The Bertz CT molecular complexity index is 1100. The van der Waals surface area contributed by atoms with Gasteiger partial charge in [0.25, 0.3) is 5.91 Å². The number of allylic oxidation sites excluding steroid dienone is 3. The molecule has 0 spiro atoms. The number of benzene rings is 1. The van der Waals surface area contributed by atoms with Crippen molar-refractivity contribution in [2.45, 2.75) is 27.3 Å². The molecule has 2 heterocycles. The zero-order valence-corrected chi connectivity index (χ0v) is 17.3. The van der Waals surface area contributed by atoms with Gasteiger partial charge in [-0.25, -0.2) is 9.98 Å². The van der Waals surface area contributed by atoms with Gasteiger partial charge < -0.3 is 9.88 Å². The van der Waals surface area contributed by atoms with Gasteiger partial charge in [-0.15, -0.1) is 0 Å². The van der Waals surface area contributed by atoms with E-state index in [1.165, 1.54) is 0 Å². The second-order valence-corrected chi connectivity index (χ2v) is 8.55. The minimum atomic E-state index is -0.312. The average Bonchev–Trinajstić information content (AvgIpc) is 3.20. The number of fused-ring (bicyclic) bond motifs is 1. The van der Waals surface area contributed by atoms with Crippen molar-refractivity contribution < 1.29 is 9.59 Å². The van der Waals surface area contributed by atoms with Crippen LogP contribution >= 0.6 is 0 Å². The first-order chi connectivity index (χ1) is 14.3. The fraction of sp³-hybridized carbons (Fsp3) is 0.250. The van der Waals surface area contributed by atoms with Crippen LogP contribution in [0.15, 0.2) is 83.6 Å². The molecule has 30 heavy (non-hydrogen) atoms. The third-order valence-electron chi connectivity index (χ3n) is 5.21. The molecule has 0 bridgehead atoms. The normalized spacial score (nSPS) is 19.8. The highest BCUT2D eigenvalue weighted by Gasteiger charge is 2.32. The number of hydrogen-bond donors (Lipinski definition) is 1. The van der Waals surface area contributed by atoms with Gasteiger partial charge in [0.2, 0.25) is 5.91 Å². The lowest BCUT2D eigenvalue weighted by atomic mass is 9.74. The fourth-order valence-electron chi connectivity index (χ4n) is 3.67. The molecule has 1 aromatic heterocycles. The predicted molar refractivity (Wildman–Crippen MR) is 116 cm³/mol. The first-order valence-electron chi connectivity index (χ1n) is 9.90. The van der Waals surface area contributed by atoms with Crippen molar-refractivity contribution in [3.05, 3.63) is 89.7 Å². The Morgan fingerprint density at radius 3 is 2.63 bits per heavy atom. The SMILES string of the molecule is CC(C)(C)C1=CC(=O)NC2=CC(=NC(=O)c3ccc(Cn4ccnc4)cc3)C=CC21. The lowest BCUT2D eigenvalue weighted by molar-refractivity contribution is -0.116. The monoisotopic (exact) mass is 400 g/mol. The van der Waals surface area contributed by atoms with Gasteiger partial charge in [-0.2, -0.15) is 0 Å². The van der Waals surface area contributed by atoms with E-state index in [0.717, 1.165) is 16.8 Å². The summed E-state index contributed by atoms with van der Waals surface area (Å²) >= 11 is 0. The molecule has 6 heteroatoms. The van der Waals surface area contributed by atoms with Crippen molar-refractivity contribution in [3.8, 4) is 0 Å². The van der Waals surface area contributed by atoms with E-state index in [2.05, 4.69) is 36.1 Å². The highest BCUT2D eigenvalue weighted by atomic mass is 16.2. The largest absolute Gasteiger partial charge is 0.333 e. The van der Waals surface area contributed by atoms with Crippen LogP contribution in [0.1, 0.15) is 36.7 Å². The minimum Gasteiger partial charge on any atom is -0.333 e. The van der Waals surface area contributed by atoms with Crippen LogP contribution in [0.3, 0.4) is 0 Å². The summed E-state index contributed by atoms with van der Waals surface area (Å²) in [6, 6.07) is 7.40. The number of rotatable bonds is 3. The molecular weight excluding hydrogens is 376 g/mol. The smallest absolute Gasteiger partial charge is 0.277 e. The summed E-state index contributed by atoms with van der Waals surface area (Å²) in [4.78, 5) is 33.0. The zero-order valence-electron chi connectivity index (χ0n) is 17.3. The Morgan fingerprint density at radius 2 is 1.97 bits per heavy atom. The molecular formula is C24H24N4O2. The van der Waals surface area contributed by atoms with Gasteiger partial charge in [0, 0.05) is 42.2 Å². The Kier molecular flexibility index (Phi) is 5.08. The molecule has 1 aliphatic heterocycles. The molecule has 0 saturated carbocycles. The molecule has 0 saturated heterocycles. The lowest BCUT2D eigenvalue weighted by Gasteiger charge is -2.34. The van der Waals surface area contributed by atoms with E-state index >= 15 is 0 Å². The van der Waals surface area contributed by atoms with E-state index in [9.17, 15) is 9.59 Å². The zero-order chi connectivity index (χ0) is 21.3. The third kappa shape index (κ3) is 4.22. The Labute approximate surface area is 175 Å². The highest BCUT2D eigenvalue weighted by Crippen LogP contribution is 2.38. The quantitative estimate of drug-likeness (QED) is 0.854. The van der Waals surface area contributed by atoms with Crippen molar-refractivity contribution in [1.29, 1.82) is 0 Å². The molecule has 152 valence electrons. The van der Waals surface area contributed by atoms with Crippen molar-refractivity contribution in [3.63, 3.8) is 0 Å². The van der Waals surface area contributed by atoms with Crippen LogP contribution in [0.25, 0.3) is 0 Å². The van der Waals surface area contributed by atoms with E-state index in [-0.39, 0.29) is 23.1 Å². The standard InChI is InChI=1S/C24H24N4O2/c1-24(2,3)20-13-22(29)27-21-12-18(8-9-19(20)21)26-23(30)17-6-4-16(5-7-17)14-28-11-10-25-15-28/h4-13,15,19H,14H2,1-3H3,(H,27,29). The number of aliphatic imine (C=N–C) groups is 1. The molecule has 1 N–H and O–H groups in total. The predicted octanol–water partition coefficient (Wildman–Crippen LogP) is 3.68. The van der Waals surface area contributed by atoms with Crippen LogP contribution in [-0.2, 0) is 11.3 Å². The maximum Gasteiger partial charge on any atom is 0.277 e. The molecule has 0 fully saturated rings. The van der Waals surface area contributed by atoms with Gasteiger partial charge >= 0.3 is 0 Å². The Hall–Kier alpha value is -3.54. The molecule has 1 aromatic carbocycles. The molecule has 2 amide bonds. The van der Waals surface area contributed by atoms with Crippen molar-refractivity contribution >= 4 is 17.5 Å². The van der Waals surface area contributed by atoms with Gasteiger partial charge in [-0.3, -0.25) is 9.59 Å². The number of nitrogens with one attached hydrogen (secondary N) is 1. The first kappa shape index (κ1) is 19.8. The summed E-state index contributed by atoms with van der Waals surface area (Å²) in [5.41, 5.74) is 3.81. The number of imidazole rings is 1. The minimum absolute atomic E-state index is 0.000730. The molecule has 1 atom stereocenters. The fourth-order valence-corrected chi connectivity index (χ4v) is 3.67. The van der Waals surface area contributed by atoms with E-state index < -0.39 is 0 Å². The van der Waals surface area contributed by atoms with Gasteiger partial charge in [0.05, 0.1) is 12.0 Å². The number of amides is 2. The number of carbonyl (C=O) groups excluding carboxylic acids is 2. The summed E-state index contributed by atoms with van der Waals surface area (Å²) < 4.78 is 1.96. The Morgan fingerprint density at radius 1 is 1.20 bits per heavy atom. The Balaban J connectivity index is 1.51. The maximum atomic E-state index is 12.6. The number of carbonyl (C=O) groups is 2. The highest BCUT2D eigenvalue weighted by molar-refractivity contribution is 6.14. The van der Waals surface area contributed by atoms with Gasteiger partial charge in [-0.1, -0.05) is 39.0 Å². The molecule has 2 aromatic rings. The van der Waals surface area contributed by atoms with Gasteiger partial charge in [0.15, 0.2) is 0 Å². The van der Waals surface area contributed by atoms with E-state index in [1.807, 2.05) is 35.0 Å². The maximum absolute atomic E-state index is 12.6. The molecule has 0 radical (unpaired) electrons. The number of hydrogen-bond acceptors (Lipinski definition) is 3. The summed E-state index contributed by atoms with van der Waals surface area (Å²) in [5, 5.41) is 2.89. The number of nitrogens with zero attached hydrogens (tertiary/aromatic N) is 3. The molecule has 4 rings (SSSR count). The van der Waals surface area contributed by atoms with Gasteiger partial charge in [-0.05, 0) is 40.8 Å². The van der Waals surface area contributed by atoms with Gasteiger partial charge in [0.1, 0.15) is 0 Å². The van der Waals surface area contributed by atoms with Crippen LogP contribution < -0.4 is 5.32 Å². The van der Waals surface area contributed by atoms with Crippen molar-refractivity contribution in [2.24, 2.45) is 16.3 Å². The average molecular weight is 400 g/mol. The molecule has 1 unspecified atom stereocenters. The van der Waals surface area contributed by atoms with E-state index in [0.29, 0.717) is 17.8 Å². The van der Waals surface area contributed by atoms with Crippen LogP contribution in [-0.4, -0.2) is 27.1 Å². The van der Waals surface area contributed by atoms with Crippen LogP contribution in [0.4, 0.5) is 0 Å². The summed E-state index contributed by atoms with van der Waals surface area (Å²) in [7, 11) is 0. The van der Waals surface area contributed by atoms with E-state index in [1.54, 1.807) is 36.8 Å². The third-order valence-corrected chi connectivity index (χ3v) is 5.21. The van der Waals surface area contributed by atoms with E-state index in [4.69, 9.17) is 0 Å². The van der Waals surface area contributed by atoms with Crippen molar-refractivity contribution in [1.82, 2.24) is 14.9 Å². The topological polar surface area (TPSA) is 76.3 Å². The van der Waals surface area contributed by atoms with Crippen LogP contribution in [0.5, 0.6) is 0 Å². The summed E-state index contributed by atoms with van der Waals surface area (Å²) in [6.45, 7) is 6.97. The summed E-state index contributed by atoms with van der Waals surface area (Å²) in [6.07, 6.45) is 12.7. The van der Waals surface area contributed by atoms with Crippen LogP contribution in [0, 0.1) is 11.3 Å². The number of aromatic nitrogens is 2. The molecule has 2 aliphatic rings. The second-order valence-electron chi connectivity index (χ2n) is 8.55. The lowest BCUT2D eigenvalue weighted by Crippen LogP contribution is -2.36. The first-order valence-corrected chi connectivity index (χ1v) is 9.90. The second kappa shape index (κ2) is 7.71. The van der Waals surface area contributed by atoms with Crippen molar-refractivity contribution in [2.75, 3.05) is 0 Å². The van der Waals surface area contributed by atoms with Crippen LogP contribution in [0.2, 0.25) is 0 Å². The molecule has 1 aliphatic carbocycles. The summed E-state index contributed by atoms with van der Waals surface area (Å²) in [5.74, 6) is -0.455. The molecule has 6 nitrogen and oxygen atoms in total.